The normalized spacial score (nSPS) is 14.5. The molecule has 4 aromatic rings. The van der Waals surface area contributed by atoms with E-state index >= 15 is 0 Å². The number of benzene rings is 3. The highest BCUT2D eigenvalue weighted by Gasteiger charge is 2.33. The summed E-state index contributed by atoms with van der Waals surface area (Å²) in [6.45, 7) is 8.24. The smallest absolute Gasteiger partial charge is 0.338 e. The maximum absolute atomic E-state index is 13.9. The van der Waals surface area contributed by atoms with Crippen LogP contribution in [-0.4, -0.2) is 23.8 Å². The molecule has 0 fully saturated rings. The largest absolute Gasteiger partial charge is 0.490 e. The fraction of sp³-hybridized carbons (Fsp3) is 0.235. The zero-order valence-corrected chi connectivity index (χ0v) is 25.2. The molecule has 8 nitrogen and oxygen atoms in total. The Balaban J connectivity index is 1.55. The lowest BCUT2D eigenvalue weighted by atomic mass is 9.95. The van der Waals surface area contributed by atoms with Crippen molar-refractivity contribution in [3.63, 3.8) is 0 Å². The van der Waals surface area contributed by atoms with E-state index < -0.39 is 12.0 Å². The molecule has 0 radical (unpaired) electrons. The number of allylic oxidation sites excluding steroid dienone is 1. The first kappa shape index (κ1) is 29.5. The molecule has 218 valence electrons. The molecule has 0 saturated carbocycles. The topological polar surface area (TPSA) is 103 Å². The van der Waals surface area contributed by atoms with Gasteiger partial charge >= 0.3 is 5.97 Å². The molecule has 1 aliphatic heterocycles. The molecule has 0 saturated heterocycles. The Morgan fingerprint density at radius 2 is 1.79 bits per heavy atom. The second-order valence-corrected chi connectivity index (χ2v) is 10.9. The average molecular weight is 594 g/mol. The quantitative estimate of drug-likeness (QED) is 0.254. The van der Waals surface area contributed by atoms with E-state index in [0.29, 0.717) is 44.3 Å². The van der Waals surface area contributed by atoms with Gasteiger partial charge in [0.1, 0.15) is 6.61 Å². The number of nitriles is 1. The van der Waals surface area contributed by atoms with E-state index in [1.54, 1.807) is 36.6 Å². The van der Waals surface area contributed by atoms with Gasteiger partial charge in [0.2, 0.25) is 0 Å². The Morgan fingerprint density at radius 1 is 1.02 bits per heavy atom. The molecule has 1 aromatic heterocycles. The van der Waals surface area contributed by atoms with E-state index in [9.17, 15) is 14.9 Å². The molecule has 43 heavy (non-hydrogen) atoms. The van der Waals surface area contributed by atoms with E-state index in [4.69, 9.17) is 14.2 Å². The fourth-order valence-corrected chi connectivity index (χ4v) is 5.97. The zero-order valence-electron chi connectivity index (χ0n) is 24.4. The van der Waals surface area contributed by atoms with Gasteiger partial charge in [-0.3, -0.25) is 9.36 Å². The summed E-state index contributed by atoms with van der Waals surface area (Å²) in [4.78, 5) is 32.2. The standard InChI is InChI=1S/C34H31N3O5S/c1-5-40-28-17-23(13-16-27(28)42-20-26-10-8-7-9-25(26)19-35)18-29-32(38)37-31(24-14-11-21(3)12-15-24)30(33(39)41-6-2)22(4)36-34(37)43-29/h7-18,31H,5-6,20H2,1-4H3/b29-18+/t31-/m0/s1. The minimum Gasteiger partial charge on any atom is -0.490 e. The van der Waals surface area contributed by atoms with Crippen molar-refractivity contribution in [3.8, 4) is 17.6 Å². The summed E-state index contributed by atoms with van der Waals surface area (Å²) in [5, 5.41) is 9.39. The number of fused-ring (bicyclic) bond motifs is 1. The molecular formula is C34H31N3O5S. The van der Waals surface area contributed by atoms with Gasteiger partial charge in [-0.25, -0.2) is 9.79 Å². The van der Waals surface area contributed by atoms with Crippen LogP contribution >= 0.6 is 11.3 Å². The summed E-state index contributed by atoms with van der Waals surface area (Å²) >= 11 is 1.26. The lowest BCUT2D eigenvalue weighted by Gasteiger charge is -2.24. The molecule has 0 unspecified atom stereocenters. The van der Waals surface area contributed by atoms with E-state index in [2.05, 4.69) is 11.1 Å². The number of aryl methyl sites for hydroxylation is 1. The van der Waals surface area contributed by atoms with Crippen molar-refractivity contribution in [3.05, 3.63) is 126 Å². The van der Waals surface area contributed by atoms with Gasteiger partial charge in [-0.2, -0.15) is 5.26 Å². The monoisotopic (exact) mass is 593 g/mol. The van der Waals surface area contributed by atoms with Gasteiger partial charge in [0.05, 0.1) is 46.7 Å². The van der Waals surface area contributed by atoms with Crippen molar-refractivity contribution in [1.82, 2.24) is 4.57 Å². The van der Waals surface area contributed by atoms with Gasteiger partial charge in [0.15, 0.2) is 16.3 Å². The van der Waals surface area contributed by atoms with Crippen LogP contribution < -0.4 is 24.4 Å². The fourth-order valence-electron chi connectivity index (χ4n) is 4.92. The summed E-state index contributed by atoms with van der Waals surface area (Å²) in [7, 11) is 0. The molecule has 2 heterocycles. The summed E-state index contributed by atoms with van der Waals surface area (Å²) in [5.41, 5.74) is 4.56. The number of ether oxygens (including phenoxy) is 3. The highest BCUT2D eigenvalue weighted by atomic mass is 32.1. The molecular weight excluding hydrogens is 562 g/mol. The van der Waals surface area contributed by atoms with E-state index in [0.717, 1.165) is 22.3 Å². The van der Waals surface area contributed by atoms with Gasteiger partial charge in [0, 0.05) is 5.56 Å². The number of rotatable bonds is 9. The highest BCUT2D eigenvalue weighted by molar-refractivity contribution is 7.07. The number of aromatic nitrogens is 1. The SMILES string of the molecule is CCOC(=O)C1=C(C)N=c2s/c(=C/c3ccc(OCc4ccccc4C#N)c(OCC)c3)c(=O)n2[C@H]1c1ccc(C)cc1. The molecule has 1 aliphatic rings. The first-order valence-corrected chi connectivity index (χ1v) is 14.8. The summed E-state index contributed by atoms with van der Waals surface area (Å²) in [6.07, 6.45) is 1.79. The second-order valence-electron chi connectivity index (χ2n) is 9.91. The van der Waals surface area contributed by atoms with Crippen molar-refractivity contribution in [2.75, 3.05) is 13.2 Å². The van der Waals surface area contributed by atoms with Gasteiger partial charge in [-0.1, -0.05) is 65.4 Å². The van der Waals surface area contributed by atoms with Gasteiger partial charge in [0.25, 0.3) is 5.56 Å². The zero-order chi connectivity index (χ0) is 30.5. The lowest BCUT2D eigenvalue weighted by Crippen LogP contribution is -2.39. The number of carbonyl (C=O) groups is 1. The number of hydrogen-bond donors (Lipinski definition) is 0. The third kappa shape index (κ3) is 6.15. The predicted molar refractivity (Wildman–Crippen MR) is 165 cm³/mol. The molecule has 0 bridgehead atoms. The Labute approximate surface area is 253 Å². The summed E-state index contributed by atoms with van der Waals surface area (Å²) < 4.78 is 19.3. The number of hydrogen-bond acceptors (Lipinski definition) is 8. The van der Waals surface area contributed by atoms with Crippen LogP contribution in [0.15, 0.2) is 87.8 Å². The lowest BCUT2D eigenvalue weighted by molar-refractivity contribution is -0.139. The van der Waals surface area contributed by atoms with Crippen LogP contribution in [-0.2, 0) is 16.1 Å². The maximum Gasteiger partial charge on any atom is 0.338 e. The highest BCUT2D eigenvalue weighted by Crippen LogP contribution is 2.32. The molecule has 0 spiro atoms. The number of nitrogens with zero attached hydrogens (tertiary/aromatic N) is 3. The van der Waals surface area contributed by atoms with Crippen LogP contribution in [0.2, 0.25) is 0 Å². The Morgan fingerprint density at radius 3 is 2.51 bits per heavy atom. The number of carbonyl (C=O) groups excluding carboxylic acids is 1. The Bertz CT molecular complexity index is 1930. The molecule has 5 rings (SSSR count). The Kier molecular flexibility index (Phi) is 8.88. The van der Waals surface area contributed by atoms with Gasteiger partial charge < -0.3 is 14.2 Å². The van der Waals surface area contributed by atoms with Gasteiger partial charge in [-0.05, 0) is 63.1 Å². The van der Waals surface area contributed by atoms with Crippen molar-refractivity contribution < 1.29 is 19.0 Å². The average Bonchev–Trinajstić information content (AvgIpc) is 3.30. The third-order valence-electron chi connectivity index (χ3n) is 7.00. The Hall–Kier alpha value is -4.94. The van der Waals surface area contributed by atoms with Crippen LogP contribution in [0.1, 0.15) is 54.6 Å². The predicted octanol–water partition coefficient (Wildman–Crippen LogP) is 4.96. The molecule has 0 N–H and O–H groups in total. The summed E-state index contributed by atoms with van der Waals surface area (Å²) in [5.74, 6) is 0.566. The summed E-state index contributed by atoms with van der Waals surface area (Å²) in [6, 6.07) is 22.0. The van der Waals surface area contributed by atoms with Crippen LogP contribution in [0.4, 0.5) is 0 Å². The minimum atomic E-state index is -0.663. The third-order valence-corrected chi connectivity index (χ3v) is 7.98. The molecule has 9 heteroatoms. The van der Waals surface area contributed by atoms with E-state index in [-0.39, 0.29) is 18.8 Å². The molecule has 3 aromatic carbocycles. The van der Waals surface area contributed by atoms with Crippen molar-refractivity contribution in [2.24, 2.45) is 4.99 Å². The first-order chi connectivity index (χ1) is 20.8. The maximum atomic E-state index is 13.9. The molecule has 0 amide bonds. The van der Waals surface area contributed by atoms with E-state index in [1.165, 1.54) is 11.3 Å². The number of esters is 1. The van der Waals surface area contributed by atoms with Gasteiger partial charge in [-0.15, -0.1) is 0 Å². The van der Waals surface area contributed by atoms with Crippen molar-refractivity contribution in [2.45, 2.75) is 40.3 Å². The molecule has 0 aliphatic carbocycles. The second kappa shape index (κ2) is 12.9. The van der Waals surface area contributed by atoms with Crippen molar-refractivity contribution >= 4 is 23.4 Å². The first-order valence-electron chi connectivity index (χ1n) is 14.0. The van der Waals surface area contributed by atoms with Crippen LogP contribution in [0.25, 0.3) is 6.08 Å². The molecule has 1 atom stereocenters. The number of thiazole rings is 1. The van der Waals surface area contributed by atoms with E-state index in [1.807, 2.05) is 68.4 Å². The minimum absolute atomic E-state index is 0.211. The van der Waals surface area contributed by atoms with Crippen molar-refractivity contribution in [1.29, 1.82) is 5.26 Å². The van der Waals surface area contributed by atoms with Crippen LogP contribution in [0.5, 0.6) is 11.5 Å². The van der Waals surface area contributed by atoms with Crippen LogP contribution in [0, 0.1) is 18.3 Å². The van der Waals surface area contributed by atoms with Crippen LogP contribution in [0.3, 0.4) is 0 Å².